The summed E-state index contributed by atoms with van der Waals surface area (Å²) in [5, 5.41) is 6.25. The van der Waals surface area contributed by atoms with Crippen molar-refractivity contribution in [3.05, 3.63) is 63.6 Å². The third-order valence-electron chi connectivity index (χ3n) is 3.70. The van der Waals surface area contributed by atoms with Gasteiger partial charge < -0.3 is 0 Å². The zero-order valence-electron chi connectivity index (χ0n) is 13.3. The number of rotatable bonds is 3. The molecule has 0 unspecified atom stereocenters. The summed E-state index contributed by atoms with van der Waals surface area (Å²) < 4.78 is 31.2. The van der Waals surface area contributed by atoms with Gasteiger partial charge in [0.2, 0.25) is 0 Å². The number of hydrazone groups is 1. The Hall–Kier alpha value is -2.19. The molecule has 0 saturated carbocycles. The highest BCUT2D eigenvalue weighted by atomic mass is 35.5. The Bertz CT molecular complexity index is 1060. The van der Waals surface area contributed by atoms with Crippen molar-refractivity contribution in [1.82, 2.24) is 0 Å². The maximum Gasteiger partial charge on any atom is 0.294 e. The second-order valence-corrected chi connectivity index (χ2v) is 7.76. The molecular weight excluding hydrogens is 399 g/mol. The van der Waals surface area contributed by atoms with E-state index in [9.17, 15) is 13.2 Å². The van der Waals surface area contributed by atoms with Gasteiger partial charge in [0, 0.05) is 10.0 Å². The normalized spacial score (nSPS) is 16.3. The number of anilines is 1. The second-order valence-electron chi connectivity index (χ2n) is 5.50. The quantitative estimate of drug-likeness (QED) is 0.610. The fourth-order valence-electron chi connectivity index (χ4n) is 2.39. The van der Waals surface area contributed by atoms with E-state index in [0.717, 1.165) is 5.01 Å². The average molecular weight is 411 g/mol. The minimum Gasteiger partial charge on any atom is -0.282 e. The topological polar surface area (TPSA) is 87.0 Å². The van der Waals surface area contributed by atoms with E-state index in [2.05, 4.69) is 5.10 Å². The molecule has 1 N–H and O–H groups in total. The van der Waals surface area contributed by atoms with E-state index in [-0.39, 0.29) is 10.8 Å². The number of benzene rings is 2. The maximum atomic E-state index is 12.7. The molecule has 2 aromatic carbocycles. The monoisotopic (exact) mass is 410 g/mol. The predicted molar refractivity (Wildman–Crippen MR) is 101 cm³/mol. The first-order valence-corrected chi connectivity index (χ1v) is 9.51. The number of hydrogen-bond donors (Lipinski definition) is 1. The molecule has 1 aliphatic heterocycles. The molecule has 9 heteroatoms. The molecule has 1 aliphatic rings. The van der Waals surface area contributed by atoms with Crippen LogP contribution in [-0.2, 0) is 14.9 Å². The van der Waals surface area contributed by atoms with Crippen molar-refractivity contribution in [2.24, 2.45) is 5.10 Å². The van der Waals surface area contributed by atoms with Crippen molar-refractivity contribution >= 4 is 56.7 Å². The van der Waals surface area contributed by atoms with Crippen molar-refractivity contribution in [3.8, 4) is 0 Å². The van der Waals surface area contributed by atoms with Crippen molar-refractivity contribution in [2.75, 3.05) is 5.01 Å². The molecule has 1 amide bonds. The Balaban J connectivity index is 1.94. The predicted octanol–water partition coefficient (Wildman–Crippen LogP) is 4.05. The summed E-state index contributed by atoms with van der Waals surface area (Å²) in [7, 11) is -4.30. The van der Waals surface area contributed by atoms with Crippen molar-refractivity contribution in [1.29, 1.82) is 0 Å². The Kier molecular flexibility index (Phi) is 4.90. The minimum absolute atomic E-state index is 0.266. The SMILES string of the molecule is CC1=NN(c2ccc(S(=O)(=O)O)cc2)C(=O)/C1=C/c1ccc(Cl)cc1Cl. The van der Waals surface area contributed by atoms with E-state index in [1.165, 1.54) is 24.3 Å². The zero-order valence-corrected chi connectivity index (χ0v) is 15.7. The summed E-state index contributed by atoms with van der Waals surface area (Å²) in [5.41, 5.74) is 1.83. The Labute approximate surface area is 160 Å². The average Bonchev–Trinajstić information content (AvgIpc) is 2.84. The number of halogens is 2. The van der Waals surface area contributed by atoms with Crippen LogP contribution >= 0.6 is 23.2 Å². The van der Waals surface area contributed by atoms with Crippen molar-refractivity contribution < 1.29 is 17.8 Å². The molecule has 0 radical (unpaired) electrons. The first kappa shape index (κ1) is 18.6. The Morgan fingerprint density at radius 3 is 2.35 bits per heavy atom. The highest BCUT2D eigenvalue weighted by molar-refractivity contribution is 7.85. The van der Waals surface area contributed by atoms with Crippen LogP contribution in [0.4, 0.5) is 5.69 Å². The summed E-state index contributed by atoms with van der Waals surface area (Å²) in [5.74, 6) is -0.381. The van der Waals surface area contributed by atoms with Gasteiger partial charge in [-0.3, -0.25) is 9.35 Å². The molecule has 3 rings (SSSR count). The highest BCUT2D eigenvalue weighted by Gasteiger charge is 2.29. The molecule has 0 saturated heterocycles. The molecule has 0 bridgehead atoms. The van der Waals surface area contributed by atoms with Gasteiger partial charge in [-0.25, -0.2) is 0 Å². The number of carbonyl (C=O) groups excluding carboxylic acids is 1. The second kappa shape index (κ2) is 6.85. The molecule has 134 valence electrons. The third-order valence-corrected chi connectivity index (χ3v) is 5.13. The number of nitrogens with zero attached hydrogens (tertiary/aromatic N) is 2. The van der Waals surface area contributed by atoms with E-state index in [1.54, 1.807) is 31.2 Å². The molecule has 26 heavy (non-hydrogen) atoms. The lowest BCUT2D eigenvalue weighted by Gasteiger charge is -2.12. The van der Waals surface area contributed by atoms with Gasteiger partial charge >= 0.3 is 0 Å². The fourth-order valence-corrected chi connectivity index (χ4v) is 3.34. The number of carbonyl (C=O) groups is 1. The van der Waals surface area contributed by atoms with Crippen LogP contribution in [0, 0.1) is 0 Å². The smallest absolute Gasteiger partial charge is 0.282 e. The molecular formula is C17H12Cl2N2O4S. The largest absolute Gasteiger partial charge is 0.294 e. The molecule has 0 atom stereocenters. The van der Waals surface area contributed by atoms with E-state index in [4.69, 9.17) is 27.8 Å². The number of amides is 1. The maximum absolute atomic E-state index is 12.7. The van der Waals surface area contributed by atoms with Gasteiger partial charge in [0.15, 0.2) is 0 Å². The molecule has 0 aliphatic carbocycles. The van der Waals surface area contributed by atoms with Crippen molar-refractivity contribution in [2.45, 2.75) is 11.8 Å². The van der Waals surface area contributed by atoms with Crippen LogP contribution in [0.2, 0.25) is 10.0 Å². The van der Waals surface area contributed by atoms with Gasteiger partial charge in [0.05, 0.1) is 21.9 Å². The van der Waals surface area contributed by atoms with Gasteiger partial charge in [-0.15, -0.1) is 0 Å². The first-order chi connectivity index (χ1) is 12.2. The lowest BCUT2D eigenvalue weighted by atomic mass is 10.1. The van der Waals surface area contributed by atoms with Crippen LogP contribution in [0.25, 0.3) is 6.08 Å². The Morgan fingerprint density at radius 1 is 1.12 bits per heavy atom. The summed E-state index contributed by atoms with van der Waals surface area (Å²) in [6, 6.07) is 10.1. The molecule has 2 aromatic rings. The lowest BCUT2D eigenvalue weighted by molar-refractivity contribution is -0.114. The van der Waals surface area contributed by atoms with Crippen molar-refractivity contribution in [3.63, 3.8) is 0 Å². The molecule has 0 spiro atoms. The molecule has 0 aromatic heterocycles. The highest BCUT2D eigenvalue weighted by Crippen LogP contribution is 2.28. The van der Waals surface area contributed by atoms with Crippen LogP contribution in [0.15, 0.2) is 58.0 Å². The summed E-state index contributed by atoms with van der Waals surface area (Å²) in [6.45, 7) is 1.68. The number of hydrogen-bond acceptors (Lipinski definition) is 4. The summed E-state index contributed by atoms with van der Waals surface area (Å²) >= 11 is 12.0. The first-order valence-electron chi connectivity index (χ1n) is 7.31. The fraction of sp³-hybridized carbons (Fsp3) is 0.0588. The van der Waals surface area contributed by atoms with E-state index < -0.39 is 10.1 Å². The van der Waals surface area contributed by atoms with Crippen LogP contribution < -0.4 is 5.01 Å². The standard InChI is InChI=1S/C17H12Cl2N2O4S/c1-10-15(8-11-2-3-12(18)9-16(11)19)17(22)21(20-10)13-4-6-14(7-5-13)26(23,24)25/h2-9H,1H3,(H,23,24,25)/b15-8+. The summed E-state index contributed by atoms with van der Waals surface area (Å²) in [4.78, 5) is 12.4. The van der Waals surface area contributed by atoms with E-state index in [1.807, 2.05) is 0 Å². The van der Waals surface area contributed by atoms with Crippen LogP contribution in [0.5, 0.6) is 0 Å². The minimum atomic E-state index is -4.30. The molecule has 1 heterocycles. The van der Waals surface area contributed by atoms with E-state index in [0.29, 0.717) is 32.6 Å². The third kappa shape index (κ3) is 3.66. The molecule has 0 fully saturated rings. The van der Waals surface area contributed by atoms with Crippen LogP contribution in [0.1, 0.15) is 12.5 Å². The van der Waals surface area contributed by atoms with Gasteiger partial charge in [-0.05, 0) is 55.0 Å². The van der Waals surface area contributed by atoms with Crippen LogP contribution in [-0.4, -0.2) is 24.6 Å². The Morgan fingerprint density at radius 2 is 1.77 bits per heavy atom. The van der Waals surface area contributed by atoms with Gasteiger partial charge in [0.1, 0.15) is 0 Å². The van der Waals surface area contributed by atoms with Gasteiger partial charge in [-0.1, -0.05) is 29.3 Å². The van der Waals surface area contributed by atoms with Gasteiger partial charge in [-0.2, -0.15) is 18.5 Å². The van der Waals surface area contributed by atoms with E-state index >= 15 is 0 Å². The molecule has 6 nitrogen and oxygen atoms in total. The zero-order chi connectivity index (χ0) is 19.1. The summed E-state index contributed by atoms with van der Waals surface area (Å²) in [6.07, 6.45) is 1.62. The van der Waals surface area contributed by atoms with Gasteiger partial charge in [0.25, 0.3) is 16.0 Å². The van der Waals surface area contributed by atoms with Crippen LogP contribution in [0.3, 0.4) is 0 Å². The lowest BCUT2D eigenvalue weighted by Crippen LogP contribution is -2.21.